The van der Waals surface area contributed by atoms with Crippen LogP contribution in [0.2, 0.25) is 0 Å². The monoisotopic (exact) mass is 959 g/mol. The Morgan fingerprint density at radius 2 is 1.48 bits per heavy atom. The van der Waals surface area contributed by atoms with Gasteiger partial charge in [0.1, 0.15) is 30.7 Å². The predicted molar refractivity (Wildman–Crippen MR) is 243 cm³/mol. The number of anilines is 1. The maximum atomic E-state index is 12.8. The molecule has 21 heteroatoms. The summed E-state index contributed by atoms with van der Waals surface area (Å²) in [6.45, 7) is 4.08. The van der Waals surface area contributed by atoms with Gasteiger partial charge in [-0.1, -0.05) is 115 Å². The minimum Gasteiger partial charge on any atom is -0.462 e. The van der Waals surface area contributed by atoms with Gasteiger partial charge >= 0.3 is 33.3 Å². The molecule has 2 unspecified atom stereocenters. The van der Waals surface area contributed by atoms with Crippen LogP contribution in [0, 0.1) is 5.92 Å². The molecule has 1 aromatic rings. The predicted octanol–water partition coefficient (Wildman–Crippen LogP) is 7.25. The van der Waals surface area contributed by atoms with E-state index < -0.39 is 83.7 Å². The smallest absolute Gasteiger partial charge is 0.462 e. The van der Waals surface area contributed by atoms with Gasteiger partial charge in [0.25, 0.3) is 0 Å². The van der Waals surface area contributed by atoms with E-state index in [1.807, 2.05) is 36.5 Å². The summed E-state index contributed by atoms with van der Waals surface area (Å²) >= 11 is 0. The van der Waals surface area contributed by atoms with Crippen molar-refractivity contribution in [1.82, 2.24) is 9.55 Å². The van der Waals surface area contributed by atoms with Gasteiger partial charge in [-0.15, -0.1) is 0 Å². The zero-order valence-corrected chi connectivity index (χ0v) is 39.7. The number of phosphoric ester groups is 2. The van der Waals surface area contributed by atoms with E-state index in [9.17, 15) is 48.3 Å². The number of unbranched alkanes of at least 4 members (excludes halogenated alkanes) is 8. The summed E-state index contributed by atoms with van der Waals surface area (Å²) in [5.41, 5.74) is 4.56. The molecule has 0 radical (unpaired) electrons. The molecule has 65 heavy (non-hydrogen) atoms. The third-order valence-electron chi connectivity index (χ3n) is 9.82. The van der Waals surface area contributed by atoms with Crippen molar-refractivity contribution < 1.29 is 71.1 Å². The molecule has 0 aromatic carbocycles. The number of hydrogen-bond donors (Lipinski definition) is 5. The van der Waals surface area contributed by atoms with E-state index in [1.54, 1.807) is 12.2 Å². The Bertz CT molecular complexity index is 1850. The van der Waals surface area contributed by atoms with Crippen molar-refractivity contribution in [2.24, 2.45) is 5.92 Å². The number of hydrogen-bond acceptors (Lipinski definition) is 16. The van der Waals surface area contributed by atoms with Crippen molar-refractivity contribution in [3.63, 3.8) is 0 Å². The average molecular weight is 960 g/mol. The lowest BCUT2D eigenvalue weighted by Crippen LogP contribution is -2.36. The van der Waals surface area contributed by atoms with Crippen molar-refractivity contribution in [2.45, 2.75) is 161 Å². The summed E-state index contributed by atoms with van der Waals surface area (Å²) in [4.78, 5) is 73.3. The van der Waals surface area contributed by atoms with Gasteiger partial charge in [-0.25, -0.2) is 13.9 Å². The summed E-state index contributed by atoms with van der Waals surface area (Å²) in [7, 11) is -10.9. The first-order valence-corrected chi connectivity index (χ1v) is 25.5. The molecule has 0 aliphatic carbocycles. The highest BCUT2D eigenvalue weighted by molar-refractivity contribution is 7.61. The zero-order valence-electron chi connectivity index (χ0n) is 37.9. The molecule has 0 bridgehead atoms. The molecule has 1 fully saturated rings. The Labute approximate surface area is 382 Å². The maximum absolute atomic E-state index is 12.8. The Morgan fingerprint density at radius 3 is 2.18 bits per heavy atom. The third kappa shape index (κ3) is 26.4. The fourth-order valence-electron chi connectivity index (χ4n) is 6.27. The molecule has 19 nitrogen and oxygen atoms in total. The van der Waals surface area contributed by atoms with Gasteiger partial charge in [0.2, 0.25) is 0 Å². The number of aromatic nitrogens is 2. The molecule has 1 aromatic heterocycles. The van der Waals surface area contributed by atoms with Gasteiger partial charge < -0.3 is 39.9 Å². The van der Waals surface area contributed by atoms with E-state index in [-0.39, 0.29) is 24.4 Å². The summed E-state index contributed by atoms with van der Waals surface area (Å²) in [6.07, 6.45) is 21.1. The van der Waals surface area contributed by atoms with Crippen molar-refractivity contribution in [2.75, 3.05) is 25.6 Å². The van der Waals surface area contributed by atoms with E-state index in [1.165, 1.54) is 12.5 Å². The number of carbonyl (C=O) groups excluding carboxylic acids is 3. The zero-order chi connectivity index (χ0) is 48.1. The fourth-order valence-corrected chi connectivity index (χ4v) is 8.38. The van der Waals surface area contributed by atoms with Crippen LogP contribution in [0.15, 0.2) is 65.7 Å². The van der Waals surface area contributed by atoms with Gasteiger partial charge in [0, 0.05) is 25.5 Å². The number of nitrogens with two attached hydrogens (primary N) is 1. The number of ether oxygens (including phenoxy) is 3. The average Bonchev–Trinajstić information content (AvgIpc) is 3.52. The van der Waals surface area contributed by atoms with Gasteiger partial charge in [0.05, 0.1) is 13.2 Å². The lowest BCUT2D eigenvalue weighted by molar-refractivity contribution is -0.161. The van der Waals surface area contributed by atoms with Crippen LogP contribution in [0.25, 0.3) is 0 Å². The van der Waals surface area contributed by atoms with Crippen molar-refractivity contribution in [3.05, 3.63) is 71.4 Å². The Hall–Kier alpha value is -3.61. The lowest BCUT2D eigenvalue weighted by atomic mass is 10.0. The Morgan fingerprint density at radius 1 is 0.831 bits per heavy atom. The van der Waals surface area contributed by atoms with Gasteiger partial charge in [0.15, 0.2) is 18.1 Å². The van der Waals surface area contributed by atoms with Crippen LogP contribution >= 0.6 is 15.6 Å². The van der Waals surface area contributed by atoms with Crippen LogP contribution in [0.3, 0.4) is 0 Å². The van der Waals surface area contributed by atoms with E-state index in [0.717, 1.165) is 62.1 Å². The first-order chi connectivity index (χ1) is 30.9. The number of aliphatic hydroxyl groups excluding tert-OH is 2. The van der Waals surface area contributed by atoms with Crippen LogP contribution in [0.4, 0.5) is 5.82 Å². The van der Waals surface area contributed by atoms with Crippen LogP contribution in [0.5, 0.6) is 0 Å². The second kappa shape index (κ2) is 32.2. The van der Waals surface area contributed by atoms with Crippen molar-refractivity contribution in [1.29, 1.82) is 0 Å². The molecule has 6 N–H and O–H groups in total. The molecule has 1 saturated heterocycles. The summed E-state index contributed by atoms with van der Waals surface area (Å²) < 4.78 is 56.4. The van der Waals surface area contributed by atoms with E-state index in [0.29, 0.717) is 44.4 Å². The Kier molecular flexibility index (Phi) is 28.5. The Balaban J connectivity index is 1.87. The molecule has 2 rings (SSSR count). The molecule has 1 aliphatic rings. The molecular formula is C44H71N3O16P2. The SMILES string of the molecule is CCCCCC(=O)/C=C/C=C\C/C=C\C/C=C\CCCC(=O)O[C@H](COC(=O)CCCCCCCCC(C)C)COP(=O)(O)OP(=O)(O)OC[C@H]1O[C@@H](n2ccc(N)nc2=O)[C@H](O)[C@@H]1O. The number of carbonyl (C=O) groups is 3. The highest BCUT2D eigenvalue weighted by atomic mass is 31.3. The second-order valence-corrected chi connectivity index (χ2v) is 19.1. The molecular weight excluding hydrogens is 888 g/mol. The summed E-state index contributed by atoms with van der Waals surface area (Å²) in [5, 5.41) is 20.8. The first-order valence-electron chi connectivity index (χ1n) is 22.5. The van der Waals surface area contributed by atoms with E-state index in [2.05, 4.69) is 30.1 Å². The molecule has 7 atom stereocenters. The van der Waals surface area contributed by atoms with E-state index in [4.69, 9.17) is 29.0 Å². The quantitative estimate of drug-likeness (QED) is 0.0112. The highest BCUT2D eigenvalue weighted by Gasteiger charge is 2.46. The second-order valence-electron chi connectivity index (χ2n) is 16.1. The summed E-state index contributed by atoms with van der Waals surface area (Å²) in [6, 6.07) is 1.24. The topological polar surface area (TPSA) is 283 Å². The van der Waals surface area contributed by atoms with Crippen molar-refractivity contribution in [3.8, 4) is 0 Å². The van der Waals surface area contributed by atoms with Gasteiger partial charge in [-0.3, -0.25) is 28.0 Å². The lowest BCUT2D eigenvalue weighted by Gasteiger charge is -2.21. The number of nitrogen functional groups attached to an aromatic ring is 1. The highest BCUT2D eigenvalue weighted by Crippen LogP contribution is 2.60. The minimum atomic E-state index is -5.44. The molecule has 0 spiro atoms. The van der Waals surface area contributed by atoms with Gasteiger partial charge in [-0.2, -0.15) is 9.29 Å². The molecule has 1 aliphatic heterocycles. The third-order valence-corrected chi connectivity index (χ3v) is 12.4. The normalized spacial score (nSPS) is 20.2. The van der Waals surface area contributed by atoms with E-state index >= 15 is 0 Å². The molecule has 0 amide bonds. The van der Waals surface area contributed by atoms with Crippen LogP contribution in [0.1, 0.15) is 136 Å². The van der Waals surface area contributed by atoms with Gasteiger partial charge in [-0.05, 0) is 56.6 Å². The number of aliphatic hydroxyl groups is 2. The number of ketones is 1. The number of phosphoric acid groups is 2. The van der Waals surface area contributed by atoms with Crippen LogP contribution in [-0.4, -0.2) is 91.5 Å². The number of nitrogens with zero attached hydrogens (tertiary/aromatic N) is 2. The van der Waals surface area contributed by atoms with Crippen LogP contribution < -0.4 is 11.4 Å². The molecule has 2 heterocycles. The fraction of sp³-hybridized carbons (Fsp3) is 0.659. The molecule has 368 valence electrons. The number of allylic oxidation sites excluding steroid dienone is 8. The number of esters is 2. The summed E-state index contributed by atoms with van der Waals surface area (Å²) in [5.74, 6) is -0.628. The largest absolute Gasteiger partial charge is 0.481 e. The van der Waals surface area contributed by atoms with Crippen LogP contribution in [-0.2, 0) is 51.1 Å². The minimum absolute atomic E-state index is 0.0533. The first kappa shape index (κ1) is 57.5. The van der Waals surface area contributed by atoms with Crippen molar-refractivity contribution >= 4 is 39.2 Å². The number of rotatable bonds is 35. The standard InChI is InChI=1S/C44H71N3O16P2/c1-4-5-19-25-35(48)26-21-16-11-9-7-6-8-10-12-18-23-28-40(50)61-36(31-58-39(49)27-22-17-14-13-15-20-24-34(2)3)32-59-64(54,55)63-65(56,57)60-33-37-41(51)42(52)43(62-37)47-30-29-38(45)46-44(47)53/h6-7,10-12,16,21,26,29-30,34,36-37,41-43,51-52H,4-5,8-9,13-15,17-20,22-25,27-28,31-33H2,1-3H3,(H,54,55)(H,56,57)(H2,45,46,53)/b7-6-,12-10-,16-11-,26-21+/t36-,37-,41-,42-,43-/m1/s1. The molecule has 0 saturated carbocycles. The maximum Gasteiger partial charge on any atom is 0.481 e.